The minimum Gasteiger partial charge on any atom is -0.327 e. The first-order chi connectivity index (χ1) is 9.97. The van der Waals surface area contributed by atoms with Crippen molar-refractivity contribution in [2.24, 2.45) is 5.73 Å². The Kier molecular flexibility index (Phi) is 5.22. The molecule has 0 aliphatic carbocycles. The van der Waals surface area contributed by atoms with Gasteiger partial charge in [-0.05, 0) is 62.4 Å². The zero-order valence-corrected chi connectivity index (χ0v) is 14.9. The SMILES string of the molecule is CCc1c(C)nn(-c2ccc(Br)cc2CC(N)CC)c1C. The molecular weight excluding hydrogens is 326 g/mol. The van der Waals surface area contributed by atoms with Crippen molar-refractivity contribution in [3.05, 3.63) is 45.2 Å². The third kappa shape index (κ3) is 3.38. The lowest BCUT2D eigenvalue weighted by atomic mass is 10.0. The molecule has 0 radical (unpaired) electrons. The molecule has 1 unspecified atom stereocenters. The maximum Gasteiger partial charge on any atom is 0.0682 e. The van der Waals surface area contributed by atoms with Crippen LogP contribution in [0.4, 0.5) is 0 Å². The fourth-order valence-corrected chi connectivity index (χ4v) is 3.18. The van der Waals surface area contributed by atoms with E-state index in [4.69, 9.17) is 10.8 Å². The first-order valence-corrected chi connectivity index (χ1v) is 8.36. The van der Waals surface area contributed by atoms with Gasteiger partial charge in [-0.3, -0.25) is 0 Å². The fourth-order valence-electron chi connectivity index (χ4n) is 2.77. The normalized spacial score (nSPS) is 12.7. The molecular formula is C17H24BrN3. The van der Waals surface area contributed by atoms with Gasteiger partial charge in [0, 0.05) is 16.2 Å². The summed E-state index contributed by atoms with van der Waals surface area (Å²) in [6, 6.07) is 6.53. The van der Waals surface area contributed by atoms with Gasteiger partial charge in [-0.15, -0.1) is 0 Å². The molecule has 21 heavy (non-hydrogen) atoms. The molecule has 3 nitrogen and oxygen atoms in total. The largest absolute Gasteiger partial charge is 0.327 e. The smallest absolute Gasteiger partial charge is 0.0682 e. The predicted octanol–water partition coefficient (Wildman–Crippen LogP) is 4.09. The average molecular weight is 350 g/mol. The van der Waals surface area contributed by atoms with Crippen molar-refractivity contribution in [1.29, 1.82) is 0 Å². The number of rotatable bonds is 5. The molecule has 2 aromatic rings. The third-order valence-corrected chi connectivity index (χ3v) is 4.56. The van der Waals surface area contributed by atoms with Crippen molar-refractivity contribution in [3.63, 3.8) is 0 Å². The van der Waals surface area contributed by atoms with Crippen LogP contribution in [-0.2, 0) is 12.8 Å². The van der Waals surface area contributed by atoms with Crippen LogP contribution in [0.1, 0.15) is 42.8 Å². The highest BCUT2D eigenvalue weighted by Crippen LogP contribution is 2.25. The van der Waals surface area contributed by atoms with Crippen molar-refractivity contribution in [1.82, 2.24) is 9.78 Å². The van der Waals surface area contributed by atoms with E-state index in [-0.39, 0.29) is 6.04 Å². The molecule has 1 aromatic carbocycles. The molecule has 2 rings (SSSR count). The van der Waals surface area contributed by atoms with Gasteiger partial charge in [0.15, 0.2) is 0 Å². The van der Waals surface area contributed by atoms with E-state index in [2.05, 4.69) is 66.5 Å². The Bertz CT molecular complexity index is 631. The lowest BCUT2D eigenvalue weighted by Gasteiger charge is -2.15. The number of hydrogen-bond donors (Lipinski definition) is 1. The summed E-state index contributed by atoms with van der Waals surface area (Å²) in [5.41, 5.74) is 12.2. The van der Waals surface area contributed by atoms with Gasteiger partial charge in [-0.2, -0.15) is 5.10 Å². The van der Waals surface area contributed by atoms with Crippen LogP contribution < -0.4 is 5.73 Å². The van der Waals surface area contributed by atoms with Crippen LogP contribution >= 0.6 is 15.9 Å². The number of nitrogens with zero attached hydrogens (tertiary/aromatic N) is 2. The molecule has 1 heterocycles. The number of hydrogen-bond acceptors (Lipinski definition) is 2. The number of aryl methyl sites for hydroxylation is 1. The van der Waals surface area contributed by atoms with E-state index < -0.39 is 0 Å². The predicted molar refractivity (Wildman–Crippen MR) is 92.1 cm³/mol. The monoisotopic (exact) mass is 349 g/mol. The summed E-state index contributed by atoms with van der Waals surface area (Å²) in [6.07, 6.45) is 2.85. The minimum atomic E-state index is 0.181. The molecule has 1 aromatic heterocycles. The number of nitrogens with two attached hydrogens (primary N) is 1. The second-order valence-electron chi connectivity index (χ2n) is 5.56. The summed E-state index contributed by atoms with van der Waals surface area (Å²) in [5, 5.41) is 4.74. The topological polar surface area (TPSA) is 43.8 Å². The highest BCUT2D eigenvalue weighted by molar-refractivity contribution is 9.10. The van der Waals surface area contributed by atoms with E-state index >= 15 is 0 Å². The van der Waals surface area contributed by atoms with E-state index in [1.54, 1.807) is 0 Å². The second kappa shape index (κ2) is 6.75. The van der Waals surface area contributed by atoms with Crippen molar-refractivity contribution in [2.45, 2.75) is 53.0 Å². The maximum absolute atomic E-state index is 6.16. The van der Waals surface area contributed by atoms with Gasteiger partial charge in [0.05, 0.1) is 11.4 Å². The molecule has 0 fully saturated rings. The molecule has 0 amide bonds. The van der Waals surface area contributed by atoms with Crippen LogP contribution in [0.3, 0.4) is 0 Å². The Hall–Kier alpha value is -1.13. The summed E-state index contributed by atoms with van der Waals surface area (Å²) >= 11 is 3.56. The van der Waals surface area contributed by atoms with Crippen LogP contribution in [0.25, 0.3) is 5.69 Å². The van der Waals surface area contributed by atoms with Gasteiger partial charge in [-0.25, -0.2) is 4.68 Å². The van der Waals surface area contributed by atoms with Gasteiger partial charge in [-0.1, -0.05) is 29.8 Å². The van der Waals surface area contributed by atoms with Crippen molar-refractivity contribution in [3.8, 4) is 5.69 Å². The molecule has 0 spiro atoms. The second-order valence-corrected chi connectivity index (χ2v) is 6.48. The van der Waals surface area contributed by atoms with Crippen LogP contribution in [0.2, 0.25) is 0 Å². The molecule has 1 atom stereocenters. The standard InChI is InChI=1S/C17H24BrN3/c1-5-15(19)10-13-9-14(18)7-8-17(13)21-12(4)16(6-2)11(3)20-21/h7-9,15H,5-6,10,19H2,1-4H3. The Labute approximate surface area is 135 Å². The molecule has 4 heteroatoms. The van der Waals surface area contributed by atoms with Gasteiger partial charge in [0.25, 0.3) is 0 Å². The average Bonchev–Trinajstić information content (AvgIpc) is 2.73. The van der Waals surface area contributed by atoms with Gasteiger partial charge >= 0.3 is 0 Å². The molecule has 0 saturated carbocycles. The number of aromatic nitrogens is 2. The Balaban J connectivity index is 2.53. The lowest BCUT2D eigenvalue weighted by Crippen LogP contribution is -2.22. The van der Waals surface area contributed by atoms with E-state index in [1.807, 2.05) is 0 Å². The summed E-state index contributed by atoms with van der Waals surface area (Å²) in [5.74, 6) is 0. The lowest BCUT2D eigenvalue weighted by molar-refractivity contribution is 0.641. The summed E-state index contributed by atoms with van der Waals surface area (Å²) < 4.78 is 3.15. The molecule has 114 valence electrons. The van der Waals surface area contributed by atoms with Crippen LogP contribution in [0, 0.1) is 13.8 Å². The Morgan fingerprint density at radius 1 is 1.29 bits per heavy atom. The summed E-state index contributed by atoms with van der Waals surface area (Å²) in [7, 11) is 0. The Morgan fingerprint density at radius 3 is 2.57 bits per heavy atom. The Morgan fingerprint density at radius 2 is 2.00 bits per heavy atom. The number of benzene rings is 1. The number of halogens is 1. The highest BCUT2D eigenvalue weighted by Gasteiger charge is 2.15. The molecule has 0 bridgehead atoms. The first kappa shape index (κ1) is 16.2. The zero-order chi connectivity index (χ0) is 15.6. The minimum absolute atomic E-state index is 0.181. The third-order valence-electron chi connectivity index (χ3n) is 4.07. The van der Waals surface area contributed by atoms with Crippen molar-refractivity contribution >= 4 is 15.9 Å². The van der Waals surface area contributed by atoms with Crippen molar-refractivity contribution < 1.29 is 0 Å². The summed E-state index contributed by atoms with van der Waals surface area (Å²) in [6.45, 7) is 8.53. The van der Waals surface area contributed by atoms with E-state index in [9.17, 15) is 0 Å². The molecule has 2 N–H and O–H groups in total. The quantitative estimate of drug-likeness (QED) is 0.883. The molecule has 0 aliphatic rings. The zero-order valence-electron chi connectivity index (χ0n) is 13.3. The van der Waals surface area contributed by atoms with Crippen molar-refractivity contribution in [2.75, 3.05) is 0 Å². The maximum atomic E-state index is 6.16. The summed E-state index contributed by atoms with van der Waals surface area (Å²) in [4.78, 5) is 0. The van der Waals surface area contributed by atoms with Gasteiger partial charge in [0.1, 0.15) is 0 Å². The van der Waals surface area contributed by atoms with Gasteiger partial charge in [0.2, 0.25) is 0 Å². The van der Waals surface area contributed by atoms with E-state index in [1.165, 1.54) is 16.8 Å². The van der Waals surface area contributed by atoms with Crippen LogP contribution in [0.15, 0.2) is 22.7 Å². The first-order valence-electron chi connectivity index (χ1n) is 7.57. The molecule has 0 aliphatic heterocycles. The van der Waals surface area contributed by atoms with Gasteiger partial charge < -0.3 is 5.73 Å². The van der Waals surface area contributed by atoms with E-state index in [0.717, 1.165) is 35.1 Å². The fraction of sp³-hybridized carbons (Fsp3) is 0.471. The molecule has 0 saturated heterocycles. The highest BCUT2D eigenvalue weighted by atomic mass is 79.9. The van der Waals surface area contributed by atoms with E-state index in [0.29, 0.717) is 0 Å². The van der Waals surface area contributed by atoms with Crippen LogP contribution in [-0.4, -0.2) is 15.8 Å². The van der Waals surface area contributed by atoms with Crippen LogP contribution in [0.5, 0.6) is 0 Å².